The predicted octanol–water partition coefficient (Wildman–Crippen LogP) is -0.0358. The molecule has 9 heavy (non-hydrogen) atoms. The van der Waals surface area contributed by atoms with Gasteiger partial charge >= 0.3 is 0 Å². The Balaban J connectivity index is 2.79. The van der Waals surface area contributed by atoms with Gasteiger partial charge in [0.1, 0.15) is 11.6 Å². The van der Waals surface area contributed by atoms with Crippen molar-refractivity contribution >= 4 is 0 Å². The summed E-state index contributed by atoms with van der Waals surface area (Å²) in [5.41, 5.74) is 6.16. The highest BCUT2D eigenvalue weighted by molar-refractivity contribution is 5.26. The fourth-order valence-corrected chi connectivity index (χ4v) is 0.659. The third-order valence-electron chi connectivity index (χ3n) is 0.936. The highest BCUT2D eigenvalue weighted by Crippen LogP contribution is 1.99. The monoisotopic (exact) mass is 123 g/mol. The van der Waals surface area contributed by atoms with Crippen LogP contribution in [0.25, 0.3) is 0 Å². The maximum atomic E-state index is 5.40. The molecule has 0 radical (unpaired) electrons. The van der Waals surface area contributed by atoms with Crippen LogP contribution < -0.4 is 16.4 Å². The maximum Gasteiger partial charge on any atom is 0.104 e. The van der Waals surface area contributed by atoms with Crippen molar-refractivity contribution in [2.24, 2.45) is 5.73 Å². The van der Waals surface area contributed by atoms with Gasteiger partial charge in [-0.25, -0.2) is 0 Å². The van der Waals surface area contributed by atoms with Crippen LogP contribution in [-0.4, -0.2) is 0 Å². The molecular weight excluding hydrogens is 114 g/mol. The van der Waals surface area contributed by atoms with Gasteiger partial charge in [0, 0.05) is 11.8 Å². The molecule has 1 heterocycles. The van der Waals surface area contributed by atoms with Gasteiger partial charge in [-0.15, -0.1) is 0 Å². The van der Waals surface area contributed by atoms with E-state index in [-0.39, 0.29) is 0 Å². The molecule has 0 amide bonds. The summed E-state index contributed by atoms with van der Waals surface area (Å²) < 4.78 is 0. The van der Waals surface area contributed by atoms with E-state index in [1.165, 1.54) is 0 Å². The lowest BCUT2D eigenvalue weighted by Gasteiger charge is -2.17. The quantitative estimate of drug-likeness (QED) is 0.424. The maximum absolute atomic E-state index is 5.40. The molecule has 1 aliphatic rings. The minimum absolute atomic E-state index is 0.573. The Morgan fingerprint density at radius 1 is 1.33 bits per heavy atom. The smallest absolute Gasteiger partial charge is 0.104 e. The SMILES string of the molecule is C=C1C=C(N)NC(=C)N1. The molecule has 0 spiro atoms. The third kappa shape index (κ3) is 1.25. The van der Waals surface area contributed by atoms with E-state index in [9.17, 15) is 0 Å². The van der Waals surface area contributed by atoms with E-state index >= 15 is 0 Å². The van der Waals surface area contributed by atoms with E-state index < -0.39 is 0 Å². The Morgan fingerprint density at radius 2 is 2.00 bits per heavy atom. The normalized spacial score (nSPS) is 18.0. The Labute approximate surface area is 53.9 Å². The topological polar surface area (TPSA) is 50.1 Å². The summed E-state index contributed by atoms with van der Waals surface area (Å²) in [6.45, 7) is 7.26. The Hall–Kier alpha value is -1.38. The summed E-state index contributed by atoms with van der Waals surface area (Å²) >= 11 is 0. The van der Waals surface area contributed by atoms with Gasteiger partial charge in [-0.2, -0.15) is 0 Å². The zero-order chi connectivity index (χ0) is 6.85. The van der Waals surface area contributed by atoms with Crippen LogP contribution in [-0.2, 0) is 0 Å². The van der Waals surface area contributed by atoms with Crippen LogP contribution in [0.1, 0.15) is 0 Å². The van der Waals surface area contributed by atoms with Crippen molar-refractivity contribution in [2.45, 2.75) is 0 Å². The van der Waals surface area contributed by atoms with Crippen LogP contribution in [0, 0.1) is 0 Å². The highest BCUT2D eigenvalue weighted by atomic mass is 15.2. The van der Waals surface area contributed by atoms with Crippen LogP contribution in [0.5, 0.6) is 0 Å². The van der Waals surface area contributed by atoms with Crippen molar-refractivity contribution < 1.29 is 0 Å². The Kier molecular flexibility index (Phi) is 1.18. The Morgan fingerprint density at radius 3 is 2.44 bits per heavy atom. The lowest BCUT2D eigenvalue weighted by molar-refractivity contribution is 0.803. The fraction of sp³-hybridized carbons (Fsp3) is 0. The lowest BCUT2D eigenvalue weighted by Crippen LogP contribution is -2.32. The van der Waals surface area contributed by atoms with Crippen molar-refractivity contribution in [1.29, 1.82) is 0 Å². The molecule has 0 aromatic carbocycles. The molecule has 0 unspecified atom stereocenters. The van der Waals surface area contributed by atoms with Gasteiger partial charge in [-0.05, 0) is 0 Å². The third-order valence-corrected chi connectivity index (χ3v) is 0.936. The van der Waals surface area contributed by atoms with Crippen LogP contribution in [0.2, 0.25) is 0 Å². The molecule has 3 heteroatoms. The number of nitrogens with two attached hydrogens (primary N) is 1. The molecule has 0 saturated carbocycles. The van der Waals surface area contributed by atoms with E-state index in [4.69, 9.17) is 5.73 Å². The number of hydrogen-bond acceptors (Lipinski definition) is 3. The number of nitrogens with one attached hydrogen (secondary N) is 2. The van der Waals surface area contributed by atoms with Gasteiger partial charge in [0.2, 0.25) is 0 Å². The molecule has 0 bridgehead atoms. The van der Waals surface area contributed by atoms with E-state index in [2.05, 4.69) is 23.8 Å². The second-order valence-electron chi connectivity index (χ2n) is 1.85. The fourth-order valence-electron chi connectivity index (χ4n) is 0.659. The Bertz CT molecular complexity index is 190. The van der Waals surface area contributed by atoms with Crippen LogP contribution >= 0.6 is 0 Å². The second-order valence-corrected chi connectivity index (χ2v) is 1.85. The average Bonchev–Trinajstić information content (AvgIpc) is 1.59. The van der Waals surface area contributed by atoms with Gasteiger partial charge in [-0.1, -0.05) is 13.2 Å². The van der Waals surface area contributed by atoms with Crippen molar-refractivity contribution in [2.75, 3.05) is 0 Å². The van der Waals surface area contributed by atoms with Crippen LogP contribution in [0.4, 0.5) is 0 Å². The minimum Gasteiger partial charge on any atom is -0.385 e. The largest absolute Gasteiger partial charge is 0.385 e. The molecule has 0 aromatic rings. The first-order valence-corrected chi connectivity index (χ1v) is 2.57. The summed E-state index contributed by atoms with van der Waals surface area (Å²) in [5, 5.41) is 5.64. The second kappa shape index (κ2) is 1.85. The molecule has 1 aliphatic heterocycles. The molecule has 0 saturated heterocycles. The zero-order valence-electron chi connectivity index (χ0n) is 5.07. The zero-order valence-corrected chi connectivity index (χ0v) is 5.07. The van der Waals surface area contributed by atoms with E-state index in [0.29, 0.717) is 11.6 Å². The van der Waals surface area contributed by atoms with Crippen molar-refractivity contribution in [1.82, 2.24) is 10.6 Å². The molecule has 48 valence electrons. The molecule has 0 aromatic heterocycles. The van der Waals surface area contributed by atoms with Crippen molar-refractivity contribution in [3.8, 4) is 0 Å². The highest BCUT2D eigenvalue weighted by Gasteiger charge is 2.01. The molecule has 3 nitrogen and oxygen atoms in total. The lowest BCUT2D eigenvalue weighted by atomic mass is 10.4. The average molecular weight is 123 g/mol. The predicted molar refractivity (Wildman–Crippen MR) is 36.8 cm³/mol. The summed E-state index contributed by atoms with van der Waals surface area (Å²) in [6, 6.07) is 0. The summed E-state index contributed by atoms with van der Waals surface area (Å²) in [4.78, 5) is 0. The molecule has 1 rings (SSSR count). The van der Waals surface area contributed by atoms with Crippen LogP contribution in [0.3, 0.4) is 0 Å². The van der Waals surface area contributed by atoms with Gasteiger partial charge < -0.3 is 16.4 Å². The molecule has 0 aliphatic carbocycles. The summed E-state index contributed by atoms with van der Waals surface area (Å²) in [6.07, 6.45) is 1.70. The first-order valence-electron chi connectivity index (χ1n) is 2.57. The molecular formula is C6H9N3. The van der Waals surface area contributed by atoms with Gasteiger partial charge in [0.25, 0.3) is 0 Å². The van der Waals surface area contributed by atoms with Gasteiger partial charge in [-0.3, -0.25) is 0 Å². The standard InChI is InChI=1S/C6H9N3/c1-4-3-6(7)9-5(2)8-4/h3,8-9H,1-2,7H2. The van der Waals surface area contributed by atoms with Crippen LogP contribution in [0.15, 0.2) is 36.6 Å². The number of hydrogen-bond donors (Lipinski definition) is 3. The summed E-state index contributed by atoms with van der Waals surface area (Å²) in [7, 11) is 0. The number of allylic oxidation sites excluding steroid dienone is 1. The first-order chi connectivity index (χ1) is 4.18. The van der Waals surface area contributed by atoms with E-state index in [0.717, 1.165) is 5.70 Å². The van der Waals surface area contributed by atoms with E-state index in [1.807, 2.05) is 0 Å². The minimum atomic E-state index is 0.573. The first kappa shape index (κ1) is 5.75. The van der Waals surface area contributed by atoms with Crippen molar-refractivity contribution in [3.05, 3.63) is 36.6 Å². The summed E-state index contributed by atoms with van der Waals surface area (Å²) in [5.74, 6) is 1.24. The van der Waals surface area contributed by atoms with E-state index in [1.54, 1.807) is 6.08 Å². The number of rotatable bonds is 0. The van der Waals surface area contributed by atoms with Crippen molar-refractivity contribution in [3.63, 3.8) is 0 Å². The molecule has 0 atom stereocenters. The molecule has 4 N–H and O–H groups in total. The molecule has 0 fully saturated rings. The van der Waals surface area contributed by atoms with Gasteiger partial charge in [0.15, 0.2) is 0 Å². The van der Waals surface area contributed by atoms with Gasteiger partial charge in [0.05, 0.1) is 0 Å².